The van der Waals surface area contributed by atoms with Crippen LogP contribution >= 0.6 is 0 Å². The van der Waals surface area contributed by atoms with Gasteiger partial charge in [0.05, 0.1) is 10.6 Å². The number of nitrogens with one attached hydrogen (secondary N) is 2. The lowest BCUT2D eigenvalue weighted by Gasteiger charge is -2.16. The van der Waals surface area contributed by atoms with Gasteiger partial charge < -0.3 is 15.7 Å². The maximum absolute atomic E-state index is 14.5. The molecular weight excluding hydrogens is 375 g/mol. The highest BCUT2D eigenvalue weighted by molar-refractivity contribution is 7.90. The minimum absolute atomic E-state index is 0.0729. The lowest BCUT2D eigenvalue weighted by molar-refractivity contribution is -0.119. The SMILES string of the molecule is CS(=O)(=O)c1ccccc1-c1ccc(NC(=O)C2(NC(=O)O)CC2)c(F)c1. The molecule has 0 bridgehead atoms. The number of anilines is 1. The highest BCUT2D eigenvalue weighted by Crippen LogP contribution is 2.37. The van der Waals surface area contributed by atoms with Crippen LogP contribution in [0.4, 0.5) is 14.9 Å². The van der Waals surface area contributed by atoms with E-state index in [1.165, 1.54) is 18.2 Å². The molecule has 0 aliphatic heterocycles. The molecule has 3 rings (SSSR count). The maximum atomic E-state index is 14.5. The Labute approximate surface area is 155 Å². The van der Waals surface area contributed by atoms with Crippen LogP contribution in [0.5, 0.6) is 0 Å². The highest BCUT2D eigenvalue weighted by atomic mass is 32.2. The molecule has 1 fully saturated rings. The first-order chi connectivity index (χ1) is 12.6. The van der Waals surface area contributed by atoms with Crippen molar-refractivity contribution in [1.82, 2.24) is 5.32 Å². The number of hydrogen-bond acceptors (Lipinski definition) is 4. The second-order valence-electron chi connectivity index (χ2n) is 6.43. The van der Waals surface area contributed by atoms with E-state index in [1.807, 2.05) is 0 Å². The molecular formula is C18H17FN2O5S. The summed E-state index contributed by atoms with van der Waals surface area (Å²) in [5, 5.41) is 13.3. The zero-order chi connectivity index (χ0) is 19.8. The van der Waals surface area contributed by atoms with E-state index >= 15 is 0 Å². The monoisotopic (exact) mass is 392 g/mol. The average Bonchev–Trinajstić information content (AvgIpc) is 3.36. The summed E-state index contributed by atoms with van der Waals surface area (Å²) in [6.45, 7) is 0. The van der Waals surface area contributed by atoms with Crippen LogP contribution in [0.15, 0.2) is 47.4 Å². The molecule has 0 unspecified atom stereocenters. The topological polar surface area (TPSA) is 113 Å². The fourth-order valence-corrected chi connectivity index (χ4v) is 3.70. The molecule has 0 spiro atoms. The first-order valence-corrected chi connectivity index (χ1v) is 9.93. The van der Waals surface area contributed by atoms with Crippen LogP contribution < -0.4 is 10.6 Å². The van der Waals surface area contributed by atoms with Crippen molar-refractivity contribution in [3.8, 4) is 11.1 Å². The summed E-state index contributed by atoms with van der Waals surface area (Å²) in [5.41, 5.74) is -0.641. The molecule has 0 aromatic heterocycles. The van der Waals surface area contributed by atoms with Crippen molar-refractivity contribution >= 4 is 27.5 Å². The molecule has 1 aliphatic rings. The molecule has 27 heavy (non-hydrogen) atoms. The third-order valence-corrected chi connectivity index (χ3v) is 5.50. The van der Waals surface area contributed by atoms with E-state index in [4.69, 9.17) is 5.11 Å². The van der Waals surface area contributed by atoms with Gasteiger partial charge in [-0.05, 0) is 36.6 Å². The van der Waals surface area contributed by atoms with Crippen molar-refractivity contribution in [1.29, 1.82) is 0 Å². The molecule has 1 aliphatic carbocycles. The van der Waals surface area contributed by atoms with Crippen LogP contribution in [0.1, 0.15) is 12.8 Å². The summed E-state index contributed by atoms with van der Waals surface area (Å²) >= 11 is 0. The average molecular weight is 392 g/mol. The van der Waals surface area contributed by atoms with Crippen molar-refractivity contribution < 1.29 is 27.5 Å². The number of hydrogen-bond donors (Lipinski definition) is 3. The number of rotatable bonds is 5. The van der Waals surface area contributed by atoms with E-state index < -0.39 is 33.2 Å². The van der Waals surface area contributed by atoms with Crippen molar-refractivity contribution in [2.24, 2.45) is 0 Å². The maximum Gasteiger partial charge on any atom is 0.405 e. The Bertz CT molecular complexity index is 1030. The standard InChI is InChI=1S/C18H17FN2O5S/c1-27(25,26)15-5-3-2-4-12(15)11-6-7-14(13(19)10-11)20-16(22)18(8-9-18)21-17(23)24/h2-7,10,21H,8-9H2,1H3,(H,20,22)(H,23,24). The molecule has 0 atom stereocenters. The molecule has 0 radical (unpaired) electrons. The summed E-state index contributed by atoms with van der Waals surface area (Å²) in [7, 11) is -3.50. The van der Waals surface area contributed by atoms with Gasteiger partial charge in [0.2, 0.25) is 5.91 Å². The Morgan fingerprint density at radius 3 is 2.37 bits per heavy atom. The summed E-state index contributed by atoms with van der Waals surface area (Å²) in [5.74, 6) is -1.39. The number of benzene rings is 2. The molecule has 3 N–H and O–H groups in total. The fraction of sp³-hybridized carbons (Fsp3) is 0.222. The Hall–Kier alpha value is -2.94. The zero-order valence-electron chi connectivity index (χ0n) is 14.3. The molecule has 7 nitrogen and oxygen atoms in total. The highest BCUT2D eigenvalue weighted by Gasteiger charge is 2.51. The van der Waals surface area contributed by atoms with Crippen LogP contribution in [0.2, 0.25) is 0 Å². The lowest BCUT2D eigenvalue weighted by atomic mass is 10.0. The molecule has 2 amide bonds. The van der Waals surface area contributed by atoms with E-state index in [0.29, 0.717) is 24.0 Å². The van der Waals surface area contributed by atoms with Crippen molar-refractivity contribution in [2.75, 3.05) is 11.6 Å². The molecule has 9 heteroatoms. The zero-order valence-corrected chi connectivity index (χ0v) is 15.1. The predicted octanol–water partition coefficient (Wildman–Crippen LogP) is 2.63. The Morgan fingerprint density at radius 2 is 1.81 bits per heavy atom. The second-order valence-corrected chi connectivity index (χ2v) is 8.41. The van der Waals surface area contributed by atoms with E-state index in [2.05, 4.69) is 10.6 Å². The Balaban J connectivity index is 1.88. The molecule has 142 valence electrons. The molecule has 0 heterocycles. The van der Waals surface area contributed by atoms with E-state index in [0.717, 1.165) is 12.3 Å². The molecule has 1 saturated carbocycles. The summed E-state index contributed by atoms with van der Waals surface area (Å²) in [4.78, 5) is 23.1. The summed E-state index contributed by atoms with van der Waals surface area (Å²) < 4.78 is 38.3. The third-order valence-electron chi connectivity index (χ3n) is 4.35. The number of sulfone groups is 1. The largest absolute Gasteiger partial charge is 0.465 e. The molecule has 0 saturated heterocycles. The third kappa shape index (κ3) is 3.92. The Morgan fingerprint density at radius 1 is 1.15 bits per heavy atom. The smallest absolute Gasteiger partial charge is 0.405 e. The molecule has 2 aromatic rings. The lowest BCUT2D eigenvalue weighted by Crippen LogP contribution is -2.45. The minimum Gasteiger partial charge on any atom is -0.465 e. The van der Waals surface area contributed by atoms with Gasteiger partial charge in [0.25, 0.3) is 0 Å². The number of carbonyl (C=O) groups is 2. The van der Waals surface area contributed by atoms with Gasteiger partial charge >= 0.3 is 6.09 Å². The van der Waals surface area contributed by atoms with Crippen LogP contribution in [0.25, 0.3) is 11.1 Å². The number of halogens is 1. The van der Waals surface area contributed by atoms with Crippen molar-refractivity contribution in [3.05, 3.63) is 48.3 Å². The van der Waals surface area contributed by atoms with Crippen molar-refractivity contribution in [2.45, 2.75) is 23.3 Å². The van der Waals surface area contributed by atoms with Crippen LogP contribution in [-0.4, -0.2) is 37.3 Å². The van der Waals surface area contributed by atoms with Gasteiger partial charge in [-0.15, -0.1) is 0 Å². The van der Waals surface area contributed by atoms with Crippen molar-refractivity contribution in [3.63, 3.8) is 0 Å². The summed E-state index contributed by atoms with van der Waals surface area (Å²) in [6, 6.07) is 10.2. The van der Waals surface area contributed by atoms with Gasteiger partial charge in [0, 0.05) is 11.8 Å². The van der Waals surface area contributed by atoms with Gasteiger partial charge in [-0.1, -0.05) is 24.3 Å². The van der Waals surface area contributed by atoms with Gasteiger partial charge in [0.15, 0.2) is 9.84 Å². The number of carbonyl (C=O) groups excluding carboxylic acids is 1. The predicted molar refractivity (Wildman–Crippen MR) is 96.7 cm³/mol. The van der Waals surface area contributed by atoms with Crippen LogP contribution in [0, 0.1) is 5.82 Å². The van der Waals surface area contributed by atoms with E-state index in [-0.39, 0.29) is 10.6 Å². The normalized spacial score (nSPS) is 15.0. The minimum atomic E-state index is -3.50. The van der Waals surface area contributed by atoms with E-state index in [1.54, 1.807) is 18.2 Å². The first-order valence-electron chi connectivity index (χ1n) is 8.04. The van der Waals surface area contributed by atoms with E-state index in [9.17, 15) is 22.4 Å². The van der Waals surface area contributed by atoms with Crippen LogP contribution in [0.3, 0.4) is 0 Å². The van der Waals surface area contributed by atoms with Gasteiger partial charge in [0.1, 0.15) is 11.4 Å². The fourth-order valence-electron chi connectivity index (χ4n) is 2.79. The summed E-state index contributed by atoms with van der Waals surface area (Å²) in [6.07, 6.45) is 0.427. The Kier molecular flexibility index (Phi) is 4.64. The number of carboxylic acid groups (broad SMARTS) is 1. The van der Waals surface area contributed by atoms with Gasteiger partial charge in [-0.3, -0.25) is 4.79 Å². The quantitative estimate of drug-likeness (QED) is 0.724. The first kappa shape index (κ1) is 18.8. The van der Waals surface area contributed by atoms with Crippen LogP contribution in [-0.2, 0) is 14.6 Å². The molecule has 2 aromatic carbocycles. The second kappa shape index (κ2) is 6.66. The van der Waals surface area contributed by atoms with Gasteiger partial charge in [-0.2, -0.15) is 0 Å². The number of amides is 2. The van der Waals surface area contributed by atoms with Gasteiger partial charge in [-0.25, -0.2) is 17.6 Å².